The van der Waals surface area contributed by atoms with E-state index in [-0.39, 0.29) is 6.61 Å². The van der Waals surface area contributed by atoms with Gasteiger partial charge in [0.15, 0.2) is 6.10 Å². The van der Waals surface area contributed by atoms with E-state index in [4.69, 9.17) is 28.4 Å². The topological polar surface area (TPSA) is 55.4 Å². The minimum absolute atomic E-state index is 0.263. The van der Waals surface area contributed by atoms with Gasteiger partial charge in [0.2, 0.25) is 5.79 Å². The first-order chi connectivity index (χ1) is 23.2. The summed E-state index contributed by atoms with van der Waals surface area (Å²) < 4.78 is 40.3. The molecule has 47 heavy (non-hydrogen) atoms. The molecule has 242 valence electrons. The van der Waals surface area contributed by atoms with Gasteiger partial charge in [-0.25, -0.2) is 0 Å². The molecule has 0 N–H and O–H groups in total. The van der Waals surface area contributed by atoms with Crippen molar-refractivity contribution < 1.29 is 28.4 Å². The fraction of sp³-hybridized carbons (Fsp3) is 0.268. The summed E-state index contributed by atoms with van der Waals surface area (Å²) in [5.74, 6) is -0.581. The SMILES string of the molecule is C[C@]1(Oc2ccccc2)O[C@H](COCc2ccccc2)[C@@H](OCc2ccccc2)[C@H](OCc2ccccc2)[C@H]1OCc1ccccc1. The van der Waals surface area contributed by atoms with Crippen LogP contribution >= 0.6 is 0 Å². The Morgan fingerprint density at radius 1 is 0.489 bits per heavy atom. The van der Waals surface area contributed by atoms with Gasteiger partial charge >= 0.3 is 0 Å². The second-order valence-corrected chi connectivity index (χ2v) is 11.8. The second-order valence-electron chi connectivity index (χ2n) is 11.8. The summed E-state index contributed by atoms with van der Waals surface area (Å²) in [5.41, 5.74) is 4.21. The minimum atomic E-state index is -1.25. The lowest BCUT2D eigenvalue weighted by Gasteiger charge is -2.50. The Morgan fingerprint density at radius 2 is 0.894 bits per heavy atom. The van der Waals surface area contributed by atoms with Crippen molar-refractivity contribution in [1.82, 2.24) is 0 Å². The highest BCUT2D eigenvalue weighted by atomic mass is 16.7. The van der Waals surface area contributed by atoms with E-state index >= 15 is 0 Å². The summed E-state index contributed by atoms with van der Waals surface area (Å²) in [4.78, 5) is 0. The summed E-state index contributed by atoms with van der Waals surface area (Å²) in [6.07, 6.45) is -2.32. The summed E-state index contributed by atoms with van der Waals surface area (Å²) >= 11 is 0. The van der Waals surface area contributed by atoms with E-state index in [1.807, 2.05) is 134 Å². The van der Waals surface area contributed by atoms with Crippen LogP contribution in [0, 0.1) is 0 Å². The quantitative estimate of drug-likeness (QED) is 0.116. The largest absolute Gasteiger partial charge is 0.460 e. The van der Waals surface area contributed by atoms with Crippen LogP contribution in [0.1, 0.15) is 29.2 Å². The number of hydrogen-bond acceptors (Lipinski definition) is 6. The molecular formula is C41H42O6. The normalized spacial score (nSPS) is 22.5. The van der Waals surface area contributed by atoms with E-state index in [1.54, 1.807) is 0 Å². The van der Waals surface area contributed by atoms with E-state index in [0.717, 1.165) is 22.3 Å². The van der Waals surface area contributed by atoms with Gasteiger partial charge in [-0.1, -0.05) is 140 Å². The highest BCUT2D eigenvalue weighted by Gasteiger charge is 2.56. The highest BCUT2D eigenvalue weighted by molar-refractivity contribution is 5.23. The molecule has 0 aromatic heterocycles. The number of ether oxygens (including phenoxy) is 6. The molecule has 0 bridgehead atoms. The van der Waals surface area contributed by atoms with Crippen molar-refractivity contribution in [3.05, 3.63) is 174 Å². The molecule has 1 aliphatic rings. The molecule has 5 atom stereocenters. The van der Waals surface area contributed by atoms with Crippen LogP contribution in [-0.2, 0) is 50.1 Å². The maximum Gasteiger partial charge on any atom is 0.237 e. The highest BCUT2D eigenvalue weighted by Crippen LogP contribution is 2.38. The minimum Gasteiger partial charge on any atom is -0.460 e. The molecule has 0 amide bonds. The summed E-state index contributed by atoms with van der Waals surface area (Å²) in [7, 11) is 0. The molecule has 1 heterocycles. The van der Waals surface area contributed by atoms with E-state index in [1.165, 1.54) is 0 Å². The summed E-state index contributed by atoms with van der Waals surface area (Å²) in [5, 5.41) is 0. The summed E-state index contributed by atoms with van der Waals surface area (Å²) in [6.45, 7) is 3.70. The van der Waals surface area contributed by atoms with E-state index < -0.39 is 30.2 Å². The van der Waals surface area contributed by atoms with E-state index in [0.29, 0.717) is 32.2 Å². The maximum atomic E-state index is 6.92. The van der Waals surface area contributed by atoms with Crippen molar-refractivity contribution in [3.8, 4) is 5.75 Å². The van der Waals surface area contributed by atoms with Gasteiger partial charge in [-0.2, -0.15) is 0 Å². The van der Waals surface area contributed by atoms with Gasteiger partial charge in [-0.05, 0) is 34.4 Å². The first-order valence-corrected chi connectivity index (χ1v) is 16.2. The molecule has 6 rings (SSSR count). The first kappa shape index (κ1) is 32.6. The summed E-state index contributed by atoms with van der Waals surface area (Å²) in [6, 6.07) is 50.1. The Hall–Kier alpha value is -4.30. The molecule has 1 saturated heterocycles. The van der Waals surface area contributed by atoms with Crippen molar-refractivity contribution in [2.75, 3.05) is 6.61 Å². The zero-order valence-electron chi connectivity index (χ0n) is 26.7. The third kappa shape index (κ3) is 9.16. The molecule has 0 aliphatic carbocycles. The van der Waals surface area contributed by atoms with Crippen LogP contribution in [0.4, 0.5) is 0 Å². The van der Waals surface area contributed by atoms with Gasteiger partial charge in [-0.15, -0.1) is 0 Å². The fourth-order valence-corrected chi connectivity index (χ4v) is 5.84. The zero-order chi connectivity index (χ0) is 32.2. The van der Waals surface area contributed by atoms with Crippen LogP contribution < -0.4 is 4.74 Å². The van der Waals surface area contributed by atoms with Crippen LogP contribution in [0.15, 0.2) is 152 Å². The predicted molar refractivity (Wildman–Crippen MR) is 182 cm³/mol. The van der Waals surface area contributed by atoms with Crippen molar-refractivity contribution in [2.24, 2.45) is 0 Å². The average Bonchev–Trinajstić information content (AvgIpc) is 3.12. The van der Waals surface area contributed by atoms with Gasteiger partial charge in [0.25, 0.3) is 0 Å². The molecule has 6 heteroatoms. The lowest BCUT2D eigenvalue weighted by atomic mass is 9.92. The number of benzene rings is 5. The van der Waals surface area contributed by atoms with Crippen molar-refractivity contribution >= 4 is 0 Å². The maximum absolute atomic E-state index is 6.92. The second kappa shape index (κ2) is 16.5. The molecule has 0 radical (unpaired) electrons. The van der Waals surface area contributed by atoms with Gasteiger partial charge in [0.1, 0.15) is 24.1 Å². The van der Waals surface area contributed by atoms with Crippen LogP contribution in [-0.4, -0.2) is 36.8 Å². The molecule has 0 spiro atoms. The lowest BCUT2D eigenvalue weighted by molar-refractivity contribution is -0.354. The number of para-hydroxylation sites is 1. The smallest absolute Gasteiger partial charge is 0.237 e. The molecule has 6 nitrogen and oxygen atoms in total. The van der Waals surface area contributed by atoms with Crippen LogP contribution in [0.2, 0.25) is 0 Å². The van der Waals surface area contributed by atoms with Gasteiger partial charge in [0, 0.05) is 6.92 Å². The molecule has 1 aliphatic heterocycles. The van der Waals surface area contributed by atoms with Crippen molar-refractivity contribution in [2.45, 2.75) is 63.6 Å². The molecule has 5 aromatic rings. The van der Waals surface area contributed by atoms with E-state index in [9.17, 15) is 0 Å². The Labute approximate surface area is 277 Å². The first-order valence-electron chi connectivity index (χ1n) is 16.2. The Kier molecular flexibility index (Phi) is 11.5. The lowest BCUT2D eigenvalue weighted by Crippen LogP contribution is -2.68. The monoisotopic (exact) mass is 630 g/mol. The zero-order valence-corrected chi connectivity index (χ0v) is 26.7. The Balaban J connectivity index is 1.34. The van der Waals surface area contributed by atoms with E-state index in [2.05, 4.69) is 24.3 Å². The Morgan fingerprint density at radius 3 is 1.38 bits per heavy atom. The number of hydrogen-bond donors (Lipinski definition) is 0. The third-order valence-electron chi connectivity index (χ3n) is 8.19. The predicted octanol–water partition coefficient (Wildman–Crippen LogP) is 8.15. The molecule has 0 unspecified atom stereocenters. The van der Waals surface area contributed by atoms with Crippen molar-refractivity contribution in [3.63, 3.8) is 0 Å². The fourth-order valence-electron chi connectivity index (χ4n) is 5.84. The Bertz CT molecular complexity index is 1590. The van der Waals surface area contributed by atoms with Gasteiger partial charge in [0.05, 0.1) is 33.0 Å². The molecular weight excluding hydrogens is 588 g/mol. The third-order valence-corrected chi connectivity index (χ3v) is 8.19. The van der Waals surface area contributed by atoms with Gasteiger partial charge < -0.3 is 28.4 Å². The van der Waals surface area contributed by atoms with Crippen molar-refractivity contribution in [1.29, 1.82) is 0 Å². The molecule has 5 aromatic carbocycles. The van der Waals surface area contributed by atoms with Crippen LogP contribution in [0.5, 0.6) is 5.75 Å². The molecule has 1 fully saturated rings. The van der Waals surface area contributed by atoms with Gasteiger partial charge in [-0.3, -0.25) is 0 Å². The standard InChI is InChI=1S/C41H42O6/c1-41(46-36-25-15-6-16-26-36)40(45-30-35-23-13-5-14-24-35)39(44-29-34-21-11-4-12-22-34)38(43-28-33-19-9-3-10-20-33)37(47-41)31-42-27-32-17-7-2-8-18-32/h2-26,37-40H,27-31H2,1H3/t37-,38-,39+,40-,41+/m1/s1. The van der Waals surface area contributed by atoms with Crippen LogP contribution in [0.25, 0.3) is 0 Å². The number of rotatable bonds is 15. The average molecular weight is 631 g/mol. The van der Waals surface area contributed by atoms with Crippen LogP contribution in [0.3, 0.4) is 0 Å². The molecule has 0 saturated carbocycles.